The van der Waals surface area contributed by atoms with Gasteiger partial charge in [0.1, 0.15) is 0 Å². The highest BCUT2D eigenvalue weighted by molar-refractivity contribution is 6.01. The fourth-order valence-corrected chi connectivity index (χ4v) is 1.69. The minimum atomic E-state index is -0.0380. The molecule has 0 aromatic heterocycles. The number of nitrogens with one attached hydrogen (secondary N) is 1. The Labute approximate surface area is 88.9 Å². The molecule has 1 amide bonds. The molecule has 1 N–H and O–H groups in total. The average molecular weight is 199 g/mol. The van der Waals surface area contributed by atoms with Crippen molar-refractivity contribution in [3.8, 4) is 0 Å². The van der Waals surface area contributed by atoms with Gasteiger partial charge in [0, 0.05) is 18.0 Å². The molecule has 0 aliphatic carbocycles. The monoisotopic (exact) mass is 199 g/mol. The van der Waals surface area contributed by atoms with E-state index < -0.39 is 0 Å². The van der Waals surface area contributed by atoms with E-state index in [0.29, 0.717) is 0 Å². The molecule has 2 aromatic carbocycles. The van der Waals surface area contributed by atoms with Gasteiger partial charge in [0.25, 0.3) is 0 Å². The smallest absolute Gasteiger partial charge is 0.221 e. The third-order valence-electron chi connectivity index (χ3n) is 2.35. The minimum absolute atomic E-state index is 0.0380. The topological polar surface area (TPSA) is 29.1 Å². The van der Waals surface area contributed by atoms with Crippen LogP contribution in [0.4, 0.5) is 5.69 Å². The van der Waals surface area contributed by atoms with E-state index in [1.165, 1.54) is 12.5 Å². The summed E-state index contributed by atoms with van der Waals surface area (Å²) >= 11 is 0. The molecule has 0 bridgehead atoms. The van der Waals surface area contributed by atoms with E-state index in [9.17, 15) is 4.79 Å². The van der Waals surface area contributed by atoms with Crippen molar-refractivity contribution in [2.75, 3.05) is 5.32 Å². The fraction of sp³-hybridized carbons (Fsp3) is 0.154. The van der Waals surface area contributed by atoms with Crippen molar-refractivity contribution in [3.05, 3.63) is 42.0 Å². The summed E-state index contributed by atoms with van der Waals surface area (Å²) < 4.78 is 0. The lowest BCUT2D eigenvalue weighted by Crippen LogP contribution is -2.05. The molecule has 2 heteroatoms. The molecule has 0 saturated heterocycles. The van der Waals surface area contributed by atoms with Gasteiger partial charge in [-0.05, 0) is 24.4 Å². The highest BCUT2D eigenvalue weighted by Crippen LogP contribution is 2.24. The van der Waals surface area contributed by atoms with Gasteiger partial charge < -0.3 is 5.32 Å². The molecule has 0 saturated carbocycles. The molecule has 76 valence electrons. The lowest BCUT2D eigenvalue weighted by Gasteiger charge is -2.07. The van der Waals surface area contributed by atoms with Crippen LogP contribution >= 0.6 is 0 Å². The van der Waals surface area contributed by atoms with Crippen LogP contribution in [0.5, 0.6) is 0 Å². The number of anilines is 1. The van der Waals surface area contributed by atoms with Crippen molar-refractivity contribution in [1.82, 2.24) is 0 Å². The molecule has 2 nitrogen and oxygen atoms in total. The summed E-state index contributed by atoms with van der Waals surface area (Å²) in [5.41, 5.74) is 2.07. The van der Waals surface area contributed by atoms with Crippen LogP contribution < -0.4 is 5.32 Å². The second-order valence-corrected chi connectivity index (χ2v) is 3.71. The Morgan fingerprint density at radius 2 is 2.00 bits per heavy atom. The van der Waals surface area contributed by atoms with E-state index in [1.807, 2.05) is 25.1 Å². The standard InChI is InChI=1S/C13H13NO/c1-9-6-7-11-4-3-5-13(12(11)8-9)14-10(2)15/h3-8H,1-2H3,(H,14,15). The highest BCUT2D eigenvalue weighted by Gasteiger charge is 2.01. The minimum Gasteiger partial charge on any atom is -0.326 e. The SMILES string of the molecule is CC(=O)Nc1cccc2ccc(C)cc12. The van der Waals surface area contributed by atoms with E-state index >= 15 is 0 Å². The largest absolute Gasteiger partial charge is 0.326 e. The van der Waals surface area contributed by atoms with Crippen LogP contribution in [0.2, 0.25) is 0 Å². The summed E-state index contributed by atoms with van der Waals surface area (Å²) in [6, 6.07) is 12.1. The van der Waals surface area contributed by atoms with Crippen LogP contribution in [0.25, 0.3) is 10.8 Å². The van der Waals surface area contributed by atoms with E-state index in [-0.39, 0.29) is 5.91 Å². The Bertz CT molecular complexity index is 517. The maximum atomic E-state index is 11.0. The third-order valence-corrected chi connectivity index (χ3v) is 2.35. The molecule has 2 rings (SSSR count). The van der Waals surface area contributed by atoms with Crippen molar-refractivity contribution < 1.29 is 4.79 Å². The number of carbonyl (C=O) groups excluding carboxylic acids is 1. The Morgan fingerprint density at radius 3 is 2.73 bits per heavy atom. The summed E-state index contributed by atoms with van der Waals surface area (Å²) in [7, 11) is 0. The Balaban J connectivity index is 2.63. The number of fused-ring (bicyclic) bond motifs is 1. The first-order chi connectivity index (χ1) is 7.16. The van der Waals surface area contributed by atoms with Gasteiger partial charge in [0.2, 0.25) is 5.91 Å². The van der Waals surface area contributed by atoms with Gasteiger partial charge in [0.15, 0.2) is 0 Å². The number of benzene rings is 2. The number of aryl methyl sites for hydroxylation is 1. The molecule has 0 unspecified atom stereocenters. The summed E-state index contributed by atoms with van der Waals surface area (Å²) in [4.78, 5) is 11.0. The van der Waals surface area contributed by atoms with Crippen LogP contribution in [-0.4, -0.2) is 5.91 Å². The molecule has 0 aliphatic rings. The fourth-order valence-electron chi connectivity index (χ4n) is 1.69. The first kappa shape index (κ1) is 9.71. The van der Waals surface area contributed by atoms with Crippen LogP contribution in [0.3, 0.4) is 0 Å². The molecular formula is C13H13NO. The van der Waals surface area contributed by atoms with Gasteiger partial charge in [-0.25, -0.2) is 0 Å². The number of amides is 1. The number of hydrogen-bond donors (Lipinski definition) is 1. The quantitative estimate of drug-likeness (QED) is 0.751. The molecule has 15 heavy (non-hydrogen) atoms. The molecule has 2 aromatic rings. The van der Waals surface area contributed by atoms with Crippen LogP contribution in [0.15, 0.2) is 36.4 Å². The summed E-state index contributed by atoms with van der Waals surface area (Å²) in [5, 5.41) is 5.07. The Kier molecular flexibility index (Phi) is 2.42. The second-order valence-electron chi connectivity index (χ2n) is 3.71. The van der Waals surface area contributed by atoms with Crippen molar-refractivity contribution in [2.24, 2.45) is 0 Å². The Hall–Kier alpha value is -1.83. The molecule has 0 aliphatic heterocycles. The van der Waals surface area contributed by atoms with E-state index in [4.69, 9.17) is 0 Å². The van der Waals surface area contributed by atoms with Crippen LogP contribution in [0, 0.1) is 6.92 Å². The molecule has 0 spiro atoms. The number of hydrogen-bond acceptors (Lipinski definition) is 1. The zero-order valence-electron chi connectivity index (χ0n) is 8.87. The van der Waals surface area contributed by atoms with Gasteiger partial charge in [-0.15, -0.1) is 0 Å². The van der Waals surface area contributed by atoms with E-state index in [1.54, 1.807) is 0 Å². The maximum Gasteiger partial charge on any atom is 0.221 e. The molecule has 0 atom stereocenters. The highest BCUT2D eigenvalue weighted by atomic mass is 16.1. The summed E-state index contributed by atoms with van der Waals surface area (Å²) in [6.45, 7) is 3.57. The number of carbonyl (C=O) groups is 1. The number of rotatable bonds is 1. The van der Waals surface area contributed by atoms with Crippen LogP contribution in [0.1, 0.15) is 12.5 Å². The van der Waals surface area contributed by atoms with E-state index in [2.05, 4.69) is 23.5 Å². The molecule has 0 fully saturated rings. The zero-order chi connectivity index (χ0) is 10.8. The van der Waals surface area contributed by atoms with Gasteiger partial charge in [0.05, 0.1) is 0 Å². The van der Waals surface area contributed by atoms with Crippen LogP contribution in [-0.2, 0) is 4.79 Å². The lowest BCUT2D eigenvalue weighted by atomic mass is 10.1. The maximum absolute atomic E-state index is 11.0. The molecule has 0 radical (unpaired) electrons. The molecular weight excluding hydrogens is 186 g/mol. The third kappa shape index (κ3) is 1.99. The second kappa shape index (κ2) is 3.73. The Morgan fingerprint density at radius 1 is 1.20 bits per heavy atom. The van der Waals surface area contributed by atoms with Crippen molar-refractivity contribution in [3.63, 3.8) is 0 Å². The van der Waals surface area contributed by atoms with Crippen molar-refractivity contribution in [2.45, 2.75) is 13.8 Å². The first-order valence-electron chi connectivity index (χ1n) is 4.94. The van der Waals surface area contributed by atoms with E-state index in [0.717, 1.165) is 16.5 Å². The van der Waals surface area contributed by atoms with Crippen molar-refractivity contribution >= 4 is 22.4 Å². The molecule has 0 heterocycles. The first-order valence-corrected chi connectivity index (χ1v) is 4.94. The van der Waals surface area contributed by atoms with Gasteiger partial charge in [-0.1, -0.05) is 29.8 Å². The van der Waals surface area contributed by atoms with Gasteiger partial charge >= 0.3 is 0 Å². The van der Waals surface area contributed by atoms with Gasteiger partial charge in [-0.3, -0.25) is 4.79 Å². The normalized spacial score (nSPS) is 10.3. The average Bonchev–Trinajstić information content (AvgIpc) is 2.18. The predicted molar refractivity (Wildman–Crippen MR) is 63.0 cm³/mol. The predicted octanol–water partition coefficient (Wildman–Crippen LogP) is 3.11. The van der Waals surface area contributed by atoms with Gasteiger partial charge in [-0.2, -0.15) is 0 Å². The zero-order valence-corrected chi connectivity index (χ0v) is 8.87. The van der Waals surface area contributed by atoms with Crippen molar-refractivity contribution in [1.29, 1.82) is 0 Å². The summed E-state index contributed by atoms with van der Waals surface area (Å²) in [5.74, 6) is -0.0380. The lowest BCUT2D eigenvalue weighted by molar-refractivity contribution is -0.114. The summed E-state index contributed by atoms with van der Waals surface area (Å²) in [6.07, 6.45) is 0.